The van der Waals surface area contributed by atoms with E-state index < -0.39 is 0 Å². The molecule has 0 rings (SSSR count). The molecule has 0 aliphatic carbocycles. The third-order valence-corrected chi connectivity index (χ3v) is 3.34. The summed E-state index contributed by atoms with van der Waals surface area (Å²) in [5.41, 5.74) is 6.40. The summed E-state index contributed by atoms with van der Waals surface area (Å²) in [6, 6.07) is 0.780. The van der Waals surface area contributed by atoms with Gasteiger partial charge in [-0.1, -0.05) is 27.7 Å². The molecule has 0 aliphatic heterocycles. The minimum Gasteiger partial charge on any atom is -0.383 e. The zero-order valence-corrected chi connectivity index (χ0v) is 11.9. The molecule has 0 saturated heterocycles. The molecule has 0 aromatic heterocycles. The van der Waals surface area contributed by atoms with Crippen molar-refractivity contribution in [3.8, 4) is 0 Å². The van der Waals surface area contributed by atoms with Crippen molar-refractivity contribution < 1.29 is 4.74 Å². The highest BCUT2D eigenvalue weighted by molar-refractivity contribution is 4.81. The molecule has 0 saturated carbocycles. The first-order chi connectivity index (χ1) is 7.32. The quantitative estimate of drug-likeness (QED) is 0.728. The van der Waals surface area contributed by atoms with E-state index in [4.69, 9.17) is 10.5 Å². The smallest absolute Gasteiger partial charge is 0.0589 e. The summed E-state index contributed by atoms with van der Waals surface area (Å²) in [5.74, 6) is 0. The number of hydrogen-bond donors (Lipinski definition) is 1. The van der Waals surface area contributed by atoms with Crippen LogP contribution >= 0.6 is 0 Å². The SMILES string of the molecule is CCC(C)N(CCOC)CC(N)C(C)(C)C. The van der Waals surface area contributed by atoms with Gasteiger partial charge < -0.3 is 10.5 Å². The summed E-state index contributed by atoms with van der Waals surface area (Å²) in [4.78, 5) is 2.43. The molecule has 0 fully saturated rings. The molecular formula is C13H30N2O. The van der Waals surface area contributed by atoms with E-state index in [1.807, 2.05) is 0 Å². The van der Waals surface area contributed by atoms with Crippen LogP contribution in [-0.2, 0) is 4.74 Å². The summed E-state index contributed by atoms with van der Waals surface area (Å²) in [7, 11) is 1.75. The van der Waals surface area contributed by atoms with Crippen LogP contribution in [0.1, 0.15) is 41.0 Å². The van der Waals surface area contributed by atoms with Crippen molar-refractivity contribution in [2.24, 2.45) is 11.1 Å². The maximum atomic E-state index is 6.23. The summed E-state index contributed by atoms with van der Waals surface area (Å²) < 4.78 is 5.15. The largest absolute Gasteiger partial charge is 0.383 e. The van der Waals surface area contributed by atoms with Crippen molar-refractivity contribution in [1.82, 2.24) is 4.90 Å². The molecule has 3 heteroatoms. The van der Waals surface area contributed by atoms with Crippen LogP contribution in [0.15, 0.2) is 0 Å². The zero-order valence-electron chi connectivity index (χ0n) is 11.9. The molecule has 2 atom stereocenters. The number of nitrogens with two attached hydrogens (primary N) is 1. The van der Waals surface area contributed by atoms with Crippen molar-refractivity contribution in [2.75, 3.05) is 26.8 Å². The molecule has 0 heterocycles. The van der Waals surface area contributed by atoms with Gasteiger partial charge in [0, 0.05) is 32.3 Å². The van der Waals surface area contributed by atoms with Crippen LogP contribution in [0.25, 0.3) is 0 Å². The van der Waals surface area contributed by atoms with Gasteiger partial charge >= 0.3 is 0 Å². The predicted octanol–water partition coefficient (Wildman–Crippen LogP) is 2.11. The Kier molecular flexibility index (Phi) is 7.20. The third kappa shape index (κ3) is 5.83. The predicted molar refractivity (Wildman–Crippen MR) is 70.6 cm³/mol. The maximum Gasteiger partial charge on any atom is 0.0589 e. The molecule has 98 valence electrons. The average Bonchev–Trinajstić information content (AvgIpc) is 2.21. The first-order valence-corrected chi connectivity index (χ1v) is 6.31. The second-order valence-electron chi connectivity index (χ2n) is 5.72. The summed E-state index contributed by atoms with van der Waals surface area (Å²) in [5, 5.41) is 0. The number of rotatable bonds is 7. The van der Waals surface area contributed by atoms with E-state index in [2.05, 4.69) is 39.5 Å². The molecule has 0 aromatic carbocycles. The number of methoxy groups -OCH3 is 1. The van der Waals surface area contributed by atoms with Crippen molar-refractivity contribution in [1.29, 1.82) is 0 Å². The van der Waals surface area contributed by atoms with E-state index in [0.717, 1.165) is 26.1 Å². The van der Waals surface area contributed by atoms with Crippen molar-refractivity contribution in [3.05, 3.63) is 0 Å². The van der Waals surface area contributed by atoms with Crippen LogP contribution in [0.4, 0.5) is 0 Å². The van der Waals surface area contributed by atoms with Gasteiger partial charge in [0.25, 0.3) is 0 Å². The Balaban J connectivity index is 4.30. The van der Waals surface area contributed by atoms with Gasteiger partial charge in [0.2, 0.25) is 0 Å². The van der Waals surface area contributed by atoms with Gasteiger partial charge in [0.1, 0.15) is 0 Å². The molecule has 0 spiro atoms. The maximum absolute atomic E-state index is 6.23. The zero-order chi connectivity index (χ0) is 12.8. The monoisotopic (exact) mass is 230 g/mol. The second kappa shape index (κ2) is 7.25. The Morgan fingerprint density at radius 2 is 1.88 bits per heavy atom. The molecule has 3 nitrogen and oxygen atoms in total. The molecule has 0 amide bonds. The lowest BCUT2D eigenvalue weighted by Crippen LogP contribution is -2.48. The second-order valence-corrected chi connectivity index (χ2v) is 5.72. The topological polar surface area (TPSA) is 38.5 Å². The molecule has 16 heavy (non-hydrogen) atoms. The minimum atomic E-state index is 0.165. The Bertz CT molecular complexity index is 177. The third-order valence-electron chi connectivity index (χ3n) is 3.34. The van der Waals surface area contributed by atoms with E-state index in [9.17, 15) is 0 Å². The molecule has 0 radical (unpaired) electrons. The molecule has 0 aromatic rings. The highest BCUT2D eigenvalue weighted by Crippen LogP contribution is 2.19. The molecule has 0 aliphatic rings. The highest BCUT2D eigenvalue weighted by atomic mass is 16.5. The Hall–Kier alpha value is -0.120. The van der Waals surface area contributed by atoms with Gasteiger partial charge in [-0.15, -0.1) is 0 Å². The van der Waals surface area contributed by atoms with Crippen molar-refractivity contribution in [3.63, 3.8) is 0 Å². The lowest BCUT2D eigenvalue weighted by molar-refractivity contribution is 0.104. The van der Waals surface area contributed by atoms with Gasteiger partial charge in [-0.2, -0.15) is 0 Å². The number of hydrogen-bond acceptors (Lipinski definition) is 3. The fraction of sp³-hybridized carbons (Fsp3) is 1.00. The highest BCUT2D eigenvalue weighted by Gasteiger charge is 2.24. The summed E-state index contributed by atoms with van der Waals surface area (Å²) in [6.07, 6.45) is 1.15. The van der Waals surface area contributed by atoms with E-state index >= 15 is 0 Å². The van der Waals surface area contributed by atoms with E-state index in [1.165, 1.54) is 0 Å². The fourth-order valence-corrected chi connectivity index (χ4v) is 1.48. The average molecular weight is 230 g/mol. The van der Waals surface area contributed by atoms with Crippen LogP contribution in [-0.4, -0.2) is 43.8 Å². The van der Waals surface area contributed by atoms with Crippen molar-refractivity contribution >= 4 is 0 Å². The summed E-state index contributed by atoms with van der Waals surface area (Å²) in [6.45, 7) is 13.8. The van der Waals surface area contributed by atoms with Crippen LogP contribution in [0.5, 0.6) is 0 Å². The van der Waals surface area contributed by atoms with Gasteiger partial charge in [0.15, 0.2) is 0 Å². The van der Waals surface area contributed by atoms with Crippen LogP contribution in [0, 0.1) is 5.41 Å². The summed E-state index contributed by atoms with van der Waals surface area (Å²) >= 11 is 0. The number of nitrogens with zero attached hydrogens (tertiary/aromatic N) is 1. The lowest BCUT2D eigenvalue weighted by atomic mass is 9.87. The molecule has 2 unspecified atom stereocenters. The van der Waals surface area contributed by atoms with Crippen molar-refractivity contribution in [2.45, 2.75) is 53.1 Å². The van der Waals surface area contributed by atoms with E-state index in [0.29, 0.717) is 6.04 Å². The van der Waals surface area contributed by atoms with E-state index in [-0.39, 0.29) is 11.5 Å². The van der Waals surface area contributed by atoms with Gasteiger partial charge in [-0.05, 0) is 18.8 Å². The number of ether oxygens (including phenoxy) is 1. The van der Waals surface area contributed by atoms with Gasteiger partial charge in [0.05, 0.1) is 6.61 Å². The fourth-order valence-electron chi connectivity index (χ4n) is 1.48. The van der Waals surface area contributed by atoms with E-state index in [1.54, 1.807) is 7.11 Å². The molecule has 2 N–H and O–H groups in total. The Morgan fingerprint density at radius 1 is 1.31 bits per heavy atom. The first kappa shape index (κ1) is 15.9. The standard InChI is InChI=1S/C13H30N2O/c1-7-11(2)15(8-9-16-6)10-12(14)13(3,4)5/h11-12H,7-10,14H2,1-6H3. The normalized spacial score (nSPS) is 16.5. The Labute approximate surface area is 101 Å². The molecule has 0 bridgehead atoms. The van der Waals surface area contributed by atoms with Crippen LogP contribution in [0.2, 0.25) is 0 Å². The lowest BCUT2D eigenvalue weighted by Gasteiger charge is -2.35. The Morgan fingerprint density at radius 3 is 2.25 bits per heavy atom. The van der Waals surface area contributed by atoms with Gasteiger partial charge in [-0.3, -0.25) is 4.90 Å². The van der Waals surface area contributed by atoms with Gasteiger partial charge in [-0.25, -0.2) is 0 Å². The van der Waals surface area contributed by atoms with Crippen LogP contribution in [0.3, 0.4) is 0 Å². The van der Waals surface area contributed by atoms with Crippen LogP contribution < -0.4 is 5.73 Å². The minimum absolute atomic E-state index is 0.165. The molecular weight excluding hydrogens is 200 g/mol. The first-order valence-electron chi connectivity index (χ1n) is 6.31.